The van der Waals surface area contributed by atoms with Gasteiger partial charge in [-0.25, -0.2) is 4.98 Å². The van der Waals surface area contributed by atoms with Crippen LogP contribution in [-0.4, -0.2) is 16.3 Å². The molecule has 0 aliphatic rings. The summed E-state index contributed by atoms with van der Waals surface area (Å²) in [5.41, 5.74) is 0.457. The molecule has 0 unspecified atom stereocenters. The molecule has 0 amide bonds. The van der Waals surface area contributed by atoms with Crippen molar-refractivity contribution in [1.82, 2.24) is 9.97 Å². The van der Waals surface area contributed by atoms with Crippen molar-refractivity contribution in [2.45, 2.75) is 7.43 Å². The summed E-state index contributed by atoms with van der Waals surface area (Å²) in [6.45, 7) is 0. The molecule has 18 heavy (non-hydrogen) atoms. The minimum atomic E-state index is 0. The molecule has 0 aliphatic heterocycles. The molecule has 0 saturated heterocycles. The summed E-state index contributed by atoms with van der Waals surface area (Å²) in [5.74, 6) is 0. The van der Waals surface area contributed by atoms with Crippen LogP contribution in [0.25, 0.3) is 0 Å². The lowest BCUT2D eigenvalue weighted by Gasteiger charge is -1.87. The molecule has 2 aromatic heterocycles. The van der Waals surface area contributed by atoms with Crippen molar-refractivity contribution in [2.24, 2.45) is 0 Å². The summed E-state index contributed by atoms with van der Waals surface area (Å²) in [4.78, 5) is 17.8. The Morgan fingerprint density at radius 2 is 1.44 bits per heavy atom. The number of hydrogen-bond donors (Lipinski definition) is 0. The van der Waals surface area contributed by atoms with Gasteiger partial charge in [0.15, 0.2) is 6.29 Å². The van der Waals surface area contributed by atoms with Crippen LogP contribution in [0.4, 0.5) is 0 Å². The van der Waals surface area contributed by atoms with Crippen molar-refractivity contribution in [3.63, 3.8) is 0 Å². The van der Waals surface area contributed by atoms with Crippen molar-refractivity contribution in [3.8, 4) is 0 Å². The van der Waals surface area contributed by atoms with Gasteiger partial charge in [-0.15, -0.1) is 0 Å². The zero-order valence-electron chi connectivity index (χ0n) is 8.48. The van der Waals surface area contributed by atoms with E-state index in [1.54, 1.807) is 24.5 Å². The lowest BCUT2D eigenvalue weighted by molar-refractivity contribution is 0.111. The van der Waals surface area contributed by atoms with E-state index in [0.29, 0.717) is 12.0 Å². The zero-order chi connectivity index (χ0) is 12.7. The van der Waals surface area contributed by atoms with Crippen LogP contribution in [0, 0.1) is 0 Å². The SMILES string of the molecule is Brc1ccc(Br)nc1.C.O=Cc1ccc(Br)cn1. The monoisotopic (exact) mass is 436 g/mol. The Bertz CT molecular complexity index is 451. The van der Waals surface area contributed by atoms with Crippen LogP contribution in [0.15, 0.2) is 50.2 Å². The molecule has 96 valence electrons. The highest BCUT2D eigenvalue weighted by molar-refractivity contribution is 9.11. The summed E-state index contributed by atoms with van der Waals surface area (Å²) in [5, 5.41) is 0. The van der Waals surface area contributed by atoms with Gasteiger partial charge in [-0.3, -0.25) is 9.78 Å². The first-order valence-corrected chi connectivity index (χ1v) is 6.83. The predicted octanol–water partition coefficient (Wildman–Crippen LogP) is 4.90. The molecule has 2 rings (SSSR count). The highest BCUT2D eigenvalue weighted by Crippen LogP contribution is 2.10. The second-order valence-electron chi connectivity index (χ2n) is 2.82. The van der Waals surface area contributed by atoms with E-state index in [-0.39, 0.29) is 7.43 Å². The molecule has 2 heterocycles. The van der Waals surface area contributed by atoms with Crippen LogP contribution in [0.1, 0.15) is 17.9 Å². The number of aldehydes is 1. The second-order valence-corrected chi connectivity index (χ2v) is 5.46. The van der Waals surface area contributed by atoms with Crippen LogP contribution in [0.3, 0.4) is 0 Å². The molecular formula is C12H11Br3N2O. The molecule has 0 bridgehead atoms. The Kier molecular flexibility index (Phi) is 9.05. The van der Waals surface area contributed by atoms with Crippen LogP contribution in [-0.2, 0) is 0 Å². The van der Waals surface area contributed by atoms with Gasteiger partial charge >= 0.3 is 0 Å². The van der Waals surface area contributed by atoms with Crippen molar-refractivity contribution in [3.05, 3.63) is 55.9 Å². The molecular weight excluding hydrogens is 428 g/mol. The number of nitrogens with zero attached hydrogens (tertiary/aromatic N) is 2. The summed E-state index contributed by atoms with van der Waals surface area (Å²) < 4.78 is 2.74. The highest BCUT2D eigenvalue weighted by Gasteiger charge is 1.88. The first-order valence-electron chi connectivity index (χ1n) is 4.45. The third kappa shape index (κ3) is 6.98. The largest absolute Gasteiger partial charge is 0.296 e. The average molecular weight is 439 g/mol. The molecule has 3 nitrogen and oxygen atoms in total. The molecule has 0 saturated carbocycles. The van der Waals surface area contributed by atoms with Gasteiger partial charge in [0.25, 0.3) is 0 Å². The maximum absolute atomic E-state index is 10.0. The summed E-state index contributed by atoms with van der Waals surface area (Å²) in [6, 6.07) is 7.23. The molecule has 0 N–H and O–H groups in total. The van der Waals surface area contributed by atoms with Gasteiger partial charge < -0.3 is 0 Å². The van der Waals surface area contributed by atoms with Crippen LogP contribution < -0.4 is 0 Å². The number of carbonyl (C=O) groups excluding carboxylic acids is 1. The average Bonchev–Trinajstić information content (AvgIpc) is 2.35. The van der Waals surface area contributed by atoms with E-state index in [0.717, 1.165) is 13.5 Å². The third-order valence-corrected chi connectivity index (χ3v) is 2.97. The Morgan fingerprint density at radius 1 is 0.889 bits per heavy atom. The topological polar surface area (TPSA) is 42.9 Å². The second kappa shape index (κ2) is 9.35. The number of rotatable bonds is 1. The van der Waals surface area contributed by atoms with E-state index in [9.17, 15) is 4.79 Å². The van der Waals surface area contributed by atoms with E-state index >= 15 is 0 Å². The van der Waals surface area contributed by atoms with Gasteiger partial charge in [-0.1, -0.05) is 7.43 Å². The van der Waals surface area contributed by atoms with Gasteiger partial charge in [0, 0.05) is 21.3 Å². The van der Waals surface area contributed by atoms with Gasteiger partial charge in [-0.05, 0) is 72.1 Å². The lowest BCUT2D eigenvalue weighted by Crippen LogP contribution is -1.82. The lowest BCUT2D eigenvalue weighted by atomic mass is 10.4. The van der Waals surface area contributed by atoms with E-state index in [1.807, 2.05) is 12.1 Å². The summed E-state index contributed by atoms with van der Waals surface area (Å²) in [7, 11) is 0. The van der Waals surface area contributed by atoms with Crippen molar-refractivity contribution in [1.29, 1.82) is 0 Å². The summed E-state index contributed by atoms with van der Waals surface area (Å²) in [6.07, 6.45) is 4.04. The number of halogens is 3. The summed E-state index contributed by atoms with van der Waals surface area (Å²) >= 11 is 9.67. The van der Waals surface area contributed by atoms with Crippen LogP contribution in [0.5, 0.6) is 0 Å². The molecule has 0 spiro atoms. The molecule has 2 aromatic rings. The number of hydrogen-bond acceptors (Lipinski definition) is 3. The van der Waals surface area contributed by atoms with Gasteiger partial charge in [0.05, 0.1) is 0 Å². The van der Waals surface area contributed by atoms with Crippen LogP contribution >= 0.6 is 47.8 Å². The number of pyridine rings is 2. The molecule has 0 aliphatic carbocycles. The van der Waals surface area contributed by atoms with E-state index in [1.165, 1.54) is 0 Å². The predicted molar refractivity (Wildman–Crippen MR) is 83.7 cm³/mol. The molecule has 0 atom stereocenters. The quantitative estimate of drug-likeness (QED) is 0.470. The van der Waals surface area contributed by atoms with Crippen molar-refractivity contribution >= 4 is 54.1 Å². The van der Waals surface area contributed by atoms with E-state index < -0.39 is 0 Å². The smallest absolute Gasteiger partial charge is 0.168 e. The number of carbonyl (C=O) groups is 1. The van der Waals surface area contributed by atoms with Gasteiger partial charge in [-0.2, -0.15) is 0 Å². The fourth-order valence-electron chi connectivity index (χ4n) is 0.815. The Hall–Kier alpha value is -0.590. The Balaban J connectivity index is 0.000000306. The van der Waals surface area contributed by atoms with Gasteiger partial charge in [0.1, 0.15) is 10.3 Å². The maximum Gasteiger partial charge on any atom is 0.168 e. The van der Waals surface area contributed by atoms with E-state index in [2.05, 4.69) is 57.8 Å². The highest BCUT2D eigenvalue weighted by atomic mass is 79.9. The fourth-order valence-corrected chi connectivity index (χ4v) is 1.52. The fraction of sp³-hybridized carbons (Fsp3) is 0.0833. The zero-order valence-corrected chi connectivity index (χ0v) is 13.2. The first-order chi connectivity index (χ1) is 8.11. The Labute approximate surface area is 131 Å². The first kappa shape index (κ1) is 17.4. The molecule has 0 radical (unpaired) electrons. The number of aromatic nitrogens is 2. The molecule has 0 fully saturated rings. The normalized spacial score (nSPS) is 8.61. The third-order valence-electron chi connectivity index (χ3n) is 1.56. The minimum absolute atomic E-state index is 0. The minimum Gasteiger partial charge on any atom is -0.296 e. The maximum atomic E-state index is 10.0. The Morgan fingerprint density at radius 3 is 1.78 bits per heavy atom. The standard InChI is InChI=1S/C6H4BrNO.C5H3Br2N.CH4/c7-5-1-2-6(4-9)8-3-5;6-4-1-2-5(7)8-3-4;/h1-4H;1-3H;1H4. The molecule has 0 aromatic carbocycles. The molecule has 6 heteroatoms. The van der Waals surface area contributed by atoms with Crippen LogP contribution in [0.2, 0.25) is 0 Å². The van der Waals surface area contributed by atoms with Crippen molar-refractivity contribution < 1.29 is 4.79 Å². The van der Waals surface area contributed by atoms with Crippen molar-refractivity contribution in [2.75, 3.05) is 0 Å². The van der Waals surface area contributed by atoms with E-state index in [4.69, 9.17) is 0 Å². The van der Waals surface area contributed by atoms with Gasteiger partial charge in [0.2, 0.25) is 0 Å².